The Morgan fingerprint density at radius 3 is 2.89 bits per heavy atom. The smallest absolute Gasteiger partial charge is 0.354 e. The molecule has 0 unspecified atom stereocenters. The van der Waals surface area contributed by atoms with E-state index in [0.717, 1.165) is 0 Å². The zero-order valence-corrected chi connectivity index (χ0v) is 10.2. The zero-order valence-electron chi connectivity index (χ0n) is 9.40. The third-order valence-corrected chi connectivity index (χ3v) is 2.55. The Kier molecular flexibility index (Phi) is 3.25. The number of fused-ring (bicyclic) bond motifs is 1. The second-order valence-electron chi connectivity index (χ2n) is 3.47. The molecule has 1 heterocycles. The Morgan fingerprint density at radius 2 is 2.22 bits per heavy atom. The minimum Gasteiger partial charge on any atom is -0.506 e. The predicted molar refractivity (Wildman–Crippen MR) is 65.1 cm³/mol. The van der Waals surface area contributed by atoms with E-state index in [1.54, 1.807) is 6.92 Å². The molecule has 2 rings (SSSR count). The molecule has 94 valence electrons. The van der Waals surface area contributed by atoms with E-state index in [9.17, 15) is 14.7 Å². The maximum absolute atomic E-state index is 11.6. The fourth-order valence-corrected chi connectivity index (χ4v) is 1.71. The summed E-state index contributed by atoms with van der Waals surface area (Å²) in [4.78, 5) is 23.1. The molecule has 0 bridgehead atoms. The summed E-state index contributed by atoms with van der Waals surface area (Å²) in [6.45, 7) is 1.68. The van der Waals surface area contributed by atoms with Crippen LogP contribution in [-0.2, 0) is 4.74 Å². The van der Waals surface area contributed by atoms with Gasteiger partial charge in [0, 0.05) is 5.02 Å². The molecular formula is C12H9ClO5. The average Bonchev–Trinajstić information content (AvgIpc) is 2.31. The summed E-state index contributed by atoms with van der Waals surface area (Å²) in [5.74, 6) is -1.41. The van der Waals surface area contributed by atoms with E-state index in [2.05, 4.69) is 4.74 Å². The lowest BCUT2D eigenvalue weighted by Crippen LogP contribution is -2.16. The van der Waals surface area contributed by atoms with Crippen molar-refractivity contribution in [3.63, 3.8) is 0 Å². The van der Waals surface area contributed by atoms with Gasteiger partial charge in [0.15, 0.2) is 5.56 Å². The fraction of sp³-hybridized carbons (Fsp3) is 0.167. The third-order valence-electron chi connectivity index (χ3n) is 2.32. The topological polar surface area (TPSA) is 76.7 Å². The molecule has 0 atom stereocenters. The van der Waals surface area contributed by atoms with E-state index in [4.69, 9.17) is 16.0 Å². The van der Waals surface area contributed by atoms with Crippen LogP contribution in [0.4, 0.5) is 0 Å². The maximum atomic E-state index is 11.6. The lowest BCUT2D eigenvalue weighted by Gasteiger charge is -2.05. The molecule has 1 aromatic heterocycles. The van der Waals surface area contributed by atoms with E-state index in [0.29, 0.717) is 5.02 Å². The molecule has 5 nitrogen and oxygen atoms in total. The van der Waals surface area contributed by atoms with Gasteiger partial charge in [-0.1, -0.05) is 11.6 Å². The van der Waals surface area contributed by atoms with Crippen LogP contribution >= 0.6 is 11.6 Å². The molecule has 18 heavy (non-hydrogen) atoms. The summed E-state index contributed by atoms with van der Waals surface area (Å²) in [7, 11) is 0. The van der Waals surface area contributed by atoms with Crippen molar-refractivity contribution in [3.05, 3.63) is 39.2 Å². The van der Waals surface area contributed by atoms with Crippen LogP contribution in [0.15, 0.2) is 27.4 Å². The van der Waals surface area contributed by atoms with Crippen molar-refractivity contribution < 1.29 is 19.1 Å². The Balaban J connectivity index is 2.75. The normalized spacial score (nSPS) is 10.6. The molecule has 0 saturated carbocycles. The van der Waals surface area contributed by atoms with Crippen molar-refractivity contribution in [2.45, 2.75) is 6.92 Å². The summed E-state index contributed by atoms with van der Waals surface area (Å²) in [6, 6.07) is 4.35. The first-order valence-electron chi connectivity index (χ1n) is 5.17. The number of halogens is 1. The molecular weight excluding hydrogens is 260 g/mol. The van der Waals surface area contributed by atoms with E-state index in [1.807, 2.05) is 0 Å². The van der Waals surface area contributed by atoms with E-state index >= 15 is 0 Å². The van der Waals surface area contributed by atoms with Crippen LogP contribution in [0.25, 0.3) is 11.0 Å². The lowest BCUT2D eigenvalue weighted by molar-refractivity contribution is 0.0518. The number of ether oxygens (including phenoxy) is 1. The van der Waals surface area contributed by atoms with Crippen LogP contribution in [-0.4, -0.2) is 17.7 Å². The number of hydrogen-bond acceptors (Lipinski definition) is 5. The number of aromatic hydroxyl groups is 1. The van der Waals surface area contributed by atoms with Crippen LogP contribution in [0.3, 0.4) is 0 Å². The molecule has 1 N–H and O–H groups in total. The highest BCUT2D eigenvalue weighted by Gasteiger charge is 2.22. The van der Waals surface area contributed by atoms with E-state index in [-0.39, 0.29) is 17.6 Å². The minimum absolute atomic E-state index is 0.0886. The van der Waals surface area contributed by atoms with Gasteiger partial charge in [-0.05, 0) is 25.1 Å². The van der Waals surface area contributed by atoms with Gasteiger partial charge in [0.2, 0.25) is 0 Å². The summed E-state index contributed by atoms with van der Waals surface area (Å²) >= 11 is 5.78. The standard InChI is InChI=1S/C12H9ClO5/c1-2-17-11(15)9-10(14)7-5-6(13)3-4-8(7)18-12(9)16/h3-5,14H,2H2,1H3. The first-order chi connectivity index (χ1) is 8.54. The molecule has 6 heteroatoms. The largest absolute Gasteiger partial charge is 0.506 e. The average molecular weight is 269 g/mol. The zero-order chi connectivity index (χ0) is 13.3. The second-order valence-corrected chi connectivity index (χ2v) is 3.91. The Morgan fingerprint density at radius 1 is 1.50 bits per heavy atom. The van der Waals surface area contributed by atoms with Crippen LogP contribution in [0.1, 0.15) is 17.3 Å². The molecule has 0 aliphatic carbocycles. The summed E-state index contributed by atoms with van der Waals surface area (Å²) in [5.41, 5.74) is -1.32. The van der Waals surface area contributed by atoms with Crippen molar-refractivity contribution in [2.24, 2.45) is 0 Å². The van der Waals surface area contributed by atoms with Crippen LogP contribution < -0.4 is 5.63 Å². The molecule has 0 spiro atoms. The lowest BCUT2D eigenvalue weighted by atomic mass is 10.1. The first kappa shape index (κ1) is 12.4. The monoisotopic (exact) mass is 268 g/mol. The number of carbonyl (C=O) groups excluding carboxylic acids is 1. The van der Waals surface area contributed by atoms with Gasteiger partial charge in [0.25, 0.3) is 0 Å². The van der Waals surface area contributed by atoms with Crippen molar-refractivity contribution in [1.29, 1.82) is 0 Å². The number of carbonyl (C=O) groups is 1. The molecule has 0 saturated heterocycles. The molecule has 1 aromatic carbocycles. The summed E-state index contributed by atoms with van der Waals surface area (Å²) < 4.78 is 9.60. The maximum Gasteiger partial charge on any atom is 0.354 e. The van der Waals surface area contributed by atoms with Crippen molar-refractivity contribution in [3.8, 4) is 5.75 Å². The Hall–Kier alpha value is -2.01. The van der Waals surface area contributed by atoms with Gasteiger partial charge in [-0.25, -0.2) is 9.59 Å². The van der Waals surface area contributed by atoms with E-state index in [1.165, 1.54) is 18.2 Å². The molecule has 0 fully saturated rings. The van der Waals surface area contributed by atoms with Crippen LogP contribution in [0.2, 0.25) is 5.02 Å². The molecule has 0 amide bonds. The fourth-order valence-electron chi connectivity index (χ4n) is 1.54. The minimum atomic E-state index is -0.944. The molecule has 0 aliphatic heterocycles. The molecule has 2 aromatic rings. The van der Waals surface area contributed by atoms with Crippen LogP contribution in [0, 0.1) is 0 Å². The Labute approximate surface area is 107 Å². The predicted octanol–water partition coefficient (Wildman–Crippen LogP) is 2.33. The van der Waals surface area contributed by atoms with Crippen molar-refractivity contribution in [1.82, 2.24) is 0 Å². The molecule has 0 radical (unpaired) electrons. The Bertz CT molecular complexity index is 674. The van der Waals surface area contributed by atoms with Gasteiger partial charge in [0.05, 0.1) is 12.0 Å². The van der Waals surface area contributed by atoms with Crippen molar-refractivity contribution >= 4 is 28.5 Å². The van der Waals surface area contributed by atoms with Gasteiger partial charge >= 0.3 is 11.6 Å². The molecule has 0 aliphatic rings. The number of esters is 1. The second kappa shape index (κ2) is 4.70. The van der Waals surface area contributed by atoms with Gasteiger partial charge in [-0.2, -0.15) is 0 Å². The quantitative estimate of drug-likeness (QED) is 0.668. The van der Waals surface area contributed by atoms with Gasteiger partial charge in [-0.3, -0.25) is 0 Å². The highest BCUT2D eigenvalue weighted by Crippen LogP contribution is 2.28. The highest BCUT2D eigenvalue weighted by atomic mass is 35.5. The van der Waals surface area contributed by atoms with Gasteiger partial charge < -0.3 is 14.3 Å². The van der Waals surface area contributed by atoms with Crippen LogP contribution in [0.5, 0.6) is 5.75 Å². The van der Waals surface area contributed by atoms with E-state index < -0.39 is 22.9 Å². The SMILES string of the molecule is CCOC(=O)c1c(O)c2cc(Cl)ccc2oc1=O. The highest BCUT2D eigenvalue weighted by molar-refractivity contribution is 6.31. The first-order valence-corrected chi connectivity index (χ1v) is 5.54. The number of benzene rings is 1. The summed E-state index contributed by atoms with van der Waals surface area (Å²) in [5, 5.41) is 10.5. The number of hydrogen-bond donors (Lipinski definition) is 1. The number of rotatable bonds is 2. The van der Waals surface area contributed by atoms with Gasteiger partial charge in [-0.15, -0.1) is 0 Å². The summed E-state index contributed by atoms with van der Waals surface area (Å²) in [6.07, 6.45) is 0. The third kappa shape index (κ3) is 2.04. The van der Waals surface area contributed by atoms with Gasteiger partial charge in [0.1, 0.15) is 11.3 Å². The van der Waals surface area contributed by atoms with Crippen molar-refractivity contribution in [2.75, 3.05) is 6.61 Å².